The van der Waals surface area contributed by atoms with Crippen LogP contribution in [0.15, 0.2) is 12.1 Å². The molecule has 0 aromatic heterocycles. The summed E-state index contributed by atoms with van der Waals surface area (Å²) in [6.07, 6.45) is 3.63. The fourth-order valence-electron chi connectivity index (χ4n) is 2.41. The van der Waals surface area contributed by atoms with E-state index in [1.807, 2.05) is 0 Å². The van der Waals surface area contributed by atoms with Gasteiger partial charge in [0.25, 0.3) is 0 Å². The third-order valence-electron chi connectivity index (χ3n) is 4.36. The second-order valence-corrected chi connectivity index (χ2v) is 6.98. The minimum absolute atomic E-state index is 0.184. The van der Waals surface area contributed by atoms with Crippen molar-refractivity contribution in [1.82, 2.24) is 0 Å². The molecule has 20 heavy (non-hydrogen) atoms. The van der Waals surface area contributed by atoms with Crippen molar-refractivity contribution in [3.05, 3.63) is 32.8 Å². The summed E-state index contributed by atoms with van der Waals surface area (Å²) in [4.78, 5) is 12.1. The predicted molar refractivity (Wildman–Crippen MR) is 82.9 cm³/mol. The number of carbonyl (C=O) groups excluding carboxylic acids is 1. The van der Waals surface area contributed by atoms with E-state index in [1.165, 1.54) is 31.4 Å². The monoisotopic (exact) mass is 334 g/mol. The number of esters is 1. The van der Waals surface area contributed by atoms with Gasteiger partial charge in [-0.25, -0.2) is 4.79 Å². The van der Waals surface area contributed by atoms with E-state index in [4.69, 9.17) is 39.5 Å². The quantitative estimate of drug-likeness (QED) is 0.526. The average Bonchev–Trinajstić information content (AvgIpc) is 2.36. The highest BCUT2D eigenvalue weighted by atomic mass is 35.5. The van der Waals surface area contributed by atoms with Crippen LogP contribution < -0.4 is 0 Å². The first-order valence-electron chi connectivity index (χ1n) is 6.65. The van der Waals surface area contributed by atoms with E-state index in [2.05, 4.69) is 13.8 Å². The van der Waals surface area contributed by atoms with Gasteiger partial charge in [-0.15, -0.1) is 0 Å². The van der Waals surface area contributed by atoms with E-state index in [9.17, 15) is 4.79 Å². The molecule has 1 aromatic carbocycles. The molecule has 0 radical (unpaired) electrons. The van der Waals surface area contributed by atoms with Gasteiger partial charge >= 0.3 is 5.97 Å². The lowest BCUT2D eigenvalue weighted by Gasteiger charge is -2.43. The second-order valence-electron chi connectivity index (χ2n) is 5.76. The van der Waals surface area contributed by atoms with Crippen LogP contribution in [-0.4, -0.2) is 12.6 Å². The van der Waals surface area contributed by atoms with E-state index < -0.39 is 5.97 Å². The second kappa shape index (κ2) is 6.13. The Morgan fingerprint density at radius 3 is 2.55 bits per heavy atom. The van der Waals surface area contributed by atoms with Crippen molar-refractivity contribution in [3.8, 4) is 0 Å². The maximum atomic E-state index is 12.1. The molecule has 0 spiro atoms. The molecule has 0 bridgehead atoms. The highest BCUT2D eigenvalue weighted by molar-refractivity contribution is 6.45. The minimum Gasteiger partial charge on any atom is -0.462 e. The average molecular weight is 336 g/mol. The van der Waals surface area contributed by atoms with Gasteiger partial charge in [0.1, 0.15) is 0 Å². The molecule has 110 valence electrons. The van der Waals surface area contributed by atoms with Crippen LogP contribution in [0.2, 0.25) is 15.1 Å². The first kappa shape index (κ1) is 15.9. The first-order chi connectivity index (χ1) is 9.33. The van der Waals surface area contributed by atoms with Crippen LogP contribution in [0, 0.1) is 11.3 Å². The number of halogens is 3. The Kier molecular flexibility index (Phi) is 4.88. The van der Waals surface area contributed by atoms with Crippen LogP contribution >= 0.6 is 34.8 Å². The maximum absolute atomic E-state index is 12.1. The Morgan fingerprint density at radius 1 is 1.35 bits per heavy atom. The van der Waals surface area contributed by atoms with Gasteiger partial charge in [0.15, 0.2) is 0 Å². The van der Waals surface area contributed by atoms with Crippen LogP contribution in [0.5, 0.6) is 0 Å². The number of rotatable bonds is 4. The third kappa shape index (κ3) is 3.24. The fourth-order valence-corrected chi connectivity index (χ4v) is 3.09. The van der Waals surface area contributed by atoms with Crippen LogP contribution in [-0.2, 0) is 4.74 Å². The topological polar surface area (TPSA) is 26.3 Å². The molecule has 1 aliphatic carbocycles. The molecule has 1 fully saturated rings. The van der Waals surface area contributed by atoms with E-state index in [0.29, 0.717) is 17.5 Å². The Labute approximate surface area is 134 Å². The van der Waals surface area contributed by atoms with Crippen molar-refractivity contribution in [3.63, 3.8) is 0 Å². The zero-order valence-corrected chi connectivity index (χ0v) is 13.8. The maximum Gasteiger partial charge on any atom is 0.339 e. The summed E-state index contributed by atoms with van der Waals surface area (Å²) in [5.41, 5.74) is 0.505. The van der Waals surface area contributed by atoms with Crippen LogP contribution in [0.3, 0.4) is 0 Å². The number of carbonyl (C=O) groups is 1. The lowest BCUT2D eigenvalue weighted by Crippen LogP contribution is -2.35. The van der Waals surface area contributed by atoms with Gasteiger partial charge in [-0.3, -0.25) is 0 Å². The summed E-state index contributed by atoms with van der Waals surface area (Å²) in [5, 5.41) is 0.805. The molecule has 0 saturated heterocycles. The third-order valence-corrected chi connectivity index (χ3v) is 5.38. The van der Waals surface area contributed by atoms with Gasteiger partial charge in [0.2, 0.25) is 0 Å². The highest BCUT2D eigenvalue weighted by Crippen LogP contribution is 2.46. The van der Waals surface area contributed by atoms with Crippen molar-refractivity contribution in [2.75, 3.05) is 6.61 Å². The van der Waals surface area contributed by atoms with Gasteiger partial charge in [-0.1, -0.05) is 55.1 Å². The molecule has 5 heteroatoms. The first-order valence-corrected chi connectivity index (χ1v) is 7.78. The normalized spacial score (nSPS) is 18.2. The summed E-state index contributed by atoms with van der Waals surface area (Å²) in [6.45, 7) is 4.73. The van der Waals surface area contributed by atoms with Crippen molar-refractivity contribution in [2.45, 2.75) is 33.1 Å². The molecule has 2 nitrogen and oxygen atoms in total. The Hall–Kier alpha value is -0.440. The van der Waals surface area contributed by atoms with Crippen molar-refractivity contribution in [2.24, 2.45) is 11.3 Å². The highest BCUT2D eigenvalue weighted by Gasteiger charge is 2.37. The summed E-state index contributed by atoms with van der Waals surface area (Å²) >= 11 is 17.8. The van der Waals surface area contributed by atoms with Gasteiger partial charge in [-0.2, -0.15) is 0 Å². The number of benzene rings is 1. The van der Waals surface area contributed by atoms with Crippen molar-refractivity contribution < 1.29 is 9.53 Å². The van der Waals surface area contributed by atoms with Crippen molar-refractivity contribution >= 4 is 40.8 Å². The van der Waals surface area contributed by atoms with Gasteiger partial charge in [0.05, 0.1) is 22.2 Å². The van der Waals surface area contributed by atoms with Crippen LogP contribution in [0.4, 0.5) is 0 Å². The minimum atomic E-state index is -0.478. The van der Waals surface area contributed by atoms with Crippen molar-refractivity contribution in [1.29, 1.82) is 0 Å². The predicted octanol–water partition coefficient (Wildman–Crippen LogP) is 5.63. The molecule has 2 rings (SSSR count). The lowest BCUT2D eigenvalue weighted by molar-refractivity contribution is 0.00992. The molecule has 1 saturated carbocycles. The SMILES string of the molecule is CC(COC(=O)c1cc(Cl)cc(Cl)c1Cl)C1(C)CCC1. The molecule has 1 aromatic rings. The molecule has 1 atom stereocenters. The zero-order chi connectivity index (χ0) is 14.9. The molecule has 0 aliphatic heterocycles. The zero-order valence-electron chi connectivity index (χ0n) is 11.5. The smallest absolute Gasteiger partial charge is 0.339 e. The Balaban J connectivity index is 2.02. The van der Waals surface area contributed by atoms with E-state index in [1.54, 1.807) is 0 Å². The molecule has 0 N–H and O–H groups in total. The largest absolute Gasteiger partial charge is 0.462 e. The molecule has 1 unspecified atom stereocenters. The van der Waals surface area contributed by atoms with E-state index >= 15 is 0 Å². The fraction of sp³-hybridized carbons (Fsp3) is 0.533. The molecule has 0 heterocycles. The summed E-state index contributed by atoms with van der Waals surface area (Å²) < 4.78 is 5.36. The standard InChI is InChI=1S/C15H17Cl3O2/c1-9(15(2)4-3-5-15)8-20-14(19)11-6-10(16)7-12(17)13(11)18/h6-7,9H,3-5,8H2,1-2H3. The molecular weight excluding hydrogens is 319 g/mol. The van der Waals surface area contributed by atoms with Crippen LogP contribution in [0.1, 0.15) is 43.5 Å². The Bertz CT molecular complexity index is 524. The summed E-state index contributed by atoms with van der Waals surface area (Å²) in [7, 11) is 0. The molecule has 1 aliphatic rings. The van der Waals surface area contributed by atoms with Gasteiger partial charge < -0.3 is 4.74 Å². The van der Waals surface area contributed by atoms with Crippen LogP contribution in [0.25, 0.3) is 0 Å². The summed E-state index contributed by atoms with van der Waals surface area (Å²) in [6, 6.07) is 2.98. The van der Waals surface area contributed by atoms with E-state index in [0.717, 1.165) is 0 Å². The van der Waals surface area contributed by atoms with E-state index in [-0.39, 0.29) is 21.0 Å². The number of ether oxygens (including phenoxy) is 1. The Morgan fingerprint density at radius 2 is 2.00 bits per heavy atom. The molecular formula is C15H17Cl3O2. The van der Waals surface area contributed by atoms with Gasteiger partial charge in [0, 0.05) is 5.02 Å². The lowest BCUT2D eigenvalue weighted by atomic mass is 9.63. The number of hydrogen-bond donors (Lipinski definition) is 0. The van der Waals surface area contributed by atoms with Gasteiger partial charge in [-0.05, 0) is 36.3 Å². The number of hydrogen-bond acceptors (Lipinski definition) is 2. The summed E-state index contributed by atoms with van der Waals surface area (Å²) in [5.74, 6) is -0.150. The molecule has 0 amide bonds.